The van der Waals surface area contributed by atoms with Gasteiger partial charge < -0.3 is 4.90 Å². The third-order valence-electron chi connectivity index (χ3n) is 3.82. The first kappa shape index (κ1) is 17.4. The first-order chi connectivity index (χ1) is 11.9. The molecule has 0 aliphatic heterocycles. The molecule has 2 aromatic carbocycles. The zero-order chi connectivity index (χ0) is 18.0. The van der Waals surface area contributed by atoms with Crippen LogP contribution in [0.15, 0.2) is 60.1 Å². The lowest BCUT2D eigenvalue weighted by atomic mass is 10.0. The summed E-state index contributed by atoms with van der Waals surface area (Å²) in [5, 5.41) is 2.25. The highest BCUT2D eigenvalue weighted by atomic mass is 32.1. The van der Waals surface area contributed by atoms with Gasteiger partial charge in [0.25, 0.3) is 0 Å². The molecule has 0 aliphatic carbocycles. The molecule has 2 nitrogen and oxygen atoms in total. The van der Waals surface area contributed by atoms with Crippen LogP contribution in [-0.2, 0) is 6.18 Å². The summed E-state index contributed by atoms with van der Waals surface area (Å²) in [6.07, 6.45) is -2.85. The second-order valence-corrected chi connectivity index (χ2v) is 6.31. The van der Waals surface area contributed by atoms with Gasteiger partial charge in [-0.05, 0) is 36.8 Å². The number of para-hydroxylation sites is 1. The Morgan fingerprint density at radius 2 is 1.84 bits per heavy atom. The summed E-state index contributed by atoms with van der Waals surface area (Å²) >= 11 is 1.29. The van der Waals surface area contributed by atoms with Gasteiger partial charge in [0.1, 0.15) is 5.82 Å². The van der Waals surface area contributed by atoms with Crippen molar-refractivity contribution < 1.29 is 17.6 Å². The monoisotopic (exact) mass is 366 g/mol. The predicted octanol–water partition coefficient (Wildman–Crippen LogP) is 6.20. The molecule has 7 heteroatoms. The highest BCUT2D eigenvalue weighted by Crippen LogP contribution is 2.38. The number of rotatable bonds is 4. The summed E-state index contributed by atoms with van der Waals surface area (Å²) in [5.74, 6) is -0.462. The molecular formula is C18H14F4N2S. The summed E-state index contributed by atoms with van der Waals surface area (Å²) in [6, 6.07) is 10.7. The Morgan fingerprint density at radius 3 is 2.48 bits per heavy atom. The zero-order valence-electron chi connectivity index (χ0n) is 13.2. The average Bonchev–Trinajstić information content (AvgIpc) is 3.10. The van der Waals surface area contributed by atoms with E-state index in [9.17, 15) is 17.6 Å². The fraction of sp³-hybridized carbons (Fsp3) is 0.167. The topological polar surface area (TPSA) is 16.1 Å². The molecule has 0 saturated heterocycles. The maximum atomic E-state index is 14.3. The second kappa shape index (κ2) is 6.84. The normalized spacial score (nSPS) is 12.8. The molecule has 0 N–H and O–H groups in total. The number of benzene rings is 2. The number of nitrogens with zero attached hydrogens (tertiary/aromatic N) is 2. The van der Waals surface area contributed by atoms with Gasteiger partial charge in [-0.25, -0.2) is 9.37 Å². The van der Waals surface area contributed by atoms with Crippen molar-refractivity contribution in [3.8, 4) is 0 Å². The van der Waals surface area contributed by atoms with Gasteiger partial charge in [-0.15, -0.1) is 11.3 Å². The average molecular weight is 366 g/mol. The molecule has 1 atom stereocenters. The Morgan fingerprint density at radius 1 is 1.08 bits per heavy atom. The molecule has 3 rings (SSSR count). The van der Waals surface area contributed by atoms with Crippen LogP contribution in [-0.4, -0.2) is 4.98 Å². The van der Waals surface area contributed by atoms with Crippen LogP contribution < -0.4 is 4.90 Å². The maximum Gasteiger partial charge on any atom is 0.416 e. The molecule has 25 heavy (non-hydrogen) atoms. The van der Waals surface area contributed by atoms with E-state index in [-0.39, 0.29) is 5.69 Å². The SMILES string of the molecule is C[C@@H](c1cccc(C(F)(F)F)c1)N(c1nccs1)c1ccccc1F. The van der Waals surface area contributed by atoms with Crippen molar-refractivity contribution in [1.29, 1.82) is 0 Å². The van der Waals surface area contributed by atoms with Crippen molar-refractivity contribution in [2.75, 3.05) is 4.90 Å². The molecule has 0 unspecified atom stereocenters. The molecule has 1 aromatic heterocycles. The van der Waals surface area contributed by atoms with Gasteiger partial charge in [0.05, 0.1) is 17.3 Å². The number of hydrogen-bond donors (Lipinski definition) is 0. The van der Waals surface area contributed by atoms with E-state index in [0.29, 0.717) is 10.7 Å². The standard InChI is InChI=1S/C18H14F4N2S/c1-12(13-5-4-6-14(11-13)18(20,21)22)24(17-23-9-10-25-17)16-8-3-2-7-15(16)19/h2-12H,1H3/t12-/m0/s1. The number of hydrogen-bond acceptors (Lipinski definition) is 3. The van der Waals surface area contributed by atoms with Crippen LogP contribution in [0.1, 0.15) is 24.1 Å². The summed E-state index contributed by atoms with van der Waals surface area (Å²) in [6.45, 7) is 1.73. The lowest BCUT2D eigenvalue weighted by Gasteiger charge is -2.30. The van der Waals surface area contributed by atoms with E-state index >= 15 is 0 Å². The Labute approximate surface area is 146 Å². The smallest absolute Gasteiger partial charge is 0.308 e. The number of halogens is 4. The minimum atomic E-state index is -4.43. The van der Waals surface area contributed by atoms with E-state index in [4.69, 9.17) is 0 Å². The lowest BCUT2D eigenvalue weighted by Crippen LogP contribution is -2.22. The van der Waals surface area contributed by atoms with Gasteiger partial charge >= 0.3 is 6.18 Å². The van der Waals surface area contributed by atoms with Gasteiger partial charge in [0.2, 0.25) is 0 Å². The number of aromatic nitrogens is 1. The van der Waals surface area contributed by atoms with Gasteiger partial charge in [-0.2, -0.15) is 13.2 Å². The van der Waals surface area contributed by atoms with Crippen LogP contribution >= 0.6 is 11.3 Å². The molecule has 0 aliphatic rings. The largest absolute Gasteiger partial charge is 0.416 e. The van der Waals surface area contributed by atoms with Gasteiger partial charge in [-0.1, -0.05) is 24.3 Å². The Hall–Kier alpha value is -2.41. The van der Waals surface area contributed by atoms with E-state index in [2.05, 4.69) is 4.98 Å². The zero-order valence-corrected chi connectivity index (χ0v) is 14.0. The molecule has 3 aromatic rings. The molecule has 0 bridgehead atoms. The third-order valence-corrected chi connectivity index (χ3v) is 4.59. The van der Waals surface area contributed by atoms with Crippen LogP contribution in [0, 0.1) is 5.82 Å². The van der Waals surface area contributed by atoms with Crippen molar-refractivity contribution in [3.05, 3.63) is 77.1 Å². The predicted molar refractivity (Wildman–Crippen MR) is 90.5 cm³/mol. The van der Waals surface area contributed by atoms with E-state index in [1.807, 2.05) is 0 Å². The van der Waals surface area contributed by atoms with Crippen LogP contribution in [0.5, 0.6) is 0 Å². The van der Waals surface area contributed by atoms with Crippen molar-refractivity contribution in [3.63, 3.8) is 0 Å². The fourth-order valence-corrected chi connectivity index (χ4v) is 3.32. The molecule has 130 valence electrons. The highest BCUT2D eigenvalue weighted by Gasteiger charge is 2.31. The molecule has 0 spiro atoms. The first-order valence-corrected chi connectivity index (χ1v) is 8.36. The van der Waals surface area contributed by atoms with Gasteiger partial charge in [0.15, 0.2) is 5.13 Å². The van der Waals surface area contributed by atoms with Crippen LogP contribution in [0.4, 0.5) is 28.4 Å². The lowest BCUT2D eigenvalue weighted by molar-refractivity contribution is -0.137. The molecular weight excluding hydrogens is 352 g/mol. The van der Waals surface area contributed by atoms with Crippen LogP contribution in [0.25, 0.3) is 0 Å². The number of thiazole rings is 1. The molecule has 0 amide bonds. The molecule has 1 heterocycles. The van der Waals surface area contributed by atoms with Crippen molar-refractivity contribution in [2.24, 2.45) is 0 Å². The quantitative estimate of drug-likeness (QED) is 0.511. The van der Waals surface area contributed by atoms with E-state index in [0.717, 1.165) is 12.1 Å². The number of alkyl halides is 3. The minimum Gasteiger partial charge on any atom is -0.308 e. The van der Waals surface area contributed by atoms with Gasteiger partial charge in [-0.3, -0.25) is 0 Å². The Bertz CT molecular complexity index is 846. The molecule has 0 fully saturated rings. The summed E-state index contributed by atoms with van der Waals surface area (Å²) in [7, 11) is 0. The van der Waals surface area contributed by atoms with Gasteiger partial charge in [0, 0.05) is 11.6 Å². The Balaban J connectivity index is 2.07. The first-order valence-electron chi connectivity index (χ1n) is 7.48. The summed E-state index contributed by atoms with van der Waals surface area (Å²) < 4.78 is 53.4. The maximum absolute atomic E-state index is 14.3. The number of anilines is 2. The van der Waals surface area contributed by atoms with Crippen molar-refractivity contribution in [2.45, 2.75) is 19.1 Å². The van der Waals surface area contributed by atoms with Crippen molar-refractivity contribution in [1.82, 2.24) is 4.98 Å². The molecule has 0 radical (unpaired) electrons. The van der Waals surface area contributed by atoms with E-state index in [1.54, 1.807) is 47.7 Å². The minimum absolute atomic E-state index is 0.266. The van der Waals surface area contributed by atoms with Crippen LogP contribution in [0.2, 0.25) is 0 Å². The summed E-state index contributed by atoms with van der Waals surface area (Å²) in [5.41, 5.74) is -0.0416. The van der Waals surface area contributed by atoms with Crippen molar-refractivity contribution >= 4 is 22.2 Å². The van der Waals surface area contributed by atoms with E-state index < -0.39 is 23.6 Å². The van der Waals surface area contributed by atoms with E-state index in [1.165, 1.54) is 23.5 Å². The molecule has 0 saturated carbocycles. The van der Waals surface area contributed by atoms with Crippen LogP contribution in [0.3, 0.4) is 0 Å². The fourth-order valence-electron chi connectivity index (χ4n) is 2.58. The highest BCUT2D eigenvalue weighted by molar-refractivity contribution is 7.13. The Kier molecular flexibility index (Phi) is 4.76. The summed E-state index contributed by atoms with van der Waals surface area (Å²) in [4.78, 5) is 5.81. The second-order valence-electron chi connectivity index (χ2n) is 5.44. The third kappa shape index (κ3) is 3.66.